The molecule has 2 heterocycles. The Kier molecular flexibility index (Phi) is 5.41. The lowest BCUT2D eigenvalue weighted by atomic mass is 9.89. The monoisotopic (exact) mass is 285 g/mol. The normalized spacial score (nSPS) is 28.6. The standard InChI is InChI=1S/C15H27NO4/c1-15(2,14(17)18-3)6-7-16-8-10-20-13(11-16)12-5-4-9-19-12/h12-13H,4-11H2,1-3H3. The average molecular weight is 285 g/mol. The molecule has 0 spiro atoms. The van der Waals surface area contributed by atoms with Crippen molar-refractivity contribution < 1.29 is 19.0 Å². The highest BCUT2D eigenvalue weighted by Gasteiger charge is 2.33. The van der Waals surface area contributed by atoms with E-state index < -0.39 is 5.41 Å². The second kappa shape index (κ2) is 6.87. The molecule has 0 aliphatic carbocycles. The molecule has 2 saturated heterocycles. The Bertz CT molecular complexity index is 326. The molecule has 0 aromatic carbocycles. The summed E-state index contributed by atoms with van der Waals surface area (Å²) in [5, 5.41) is 0. The molecule has 2 aliphatic heterocycles. The second-order valence-corrected chi connectivity index (χ2v) is 6.39. The molecule has 2 unspecified atom stereocenters. The predicted molar refractivity (Wildman–Crippen MR) is 75.6 cm³/mol. The average Bonchev–Trinajstić information content (AvgIpc) is 2.99. The van der Waals surface area contributed by atoms with Crippen LogP contribution in [0.4, 0.5) is 0 Å². The minimum absolute atomic E-state index is 0.138. The van der Waals surface area contributed by atoms with Crippen molar-refractivity contribution in [3.05, 3.63) is 0 Å². The third-order valence-corrected chi connectivity index (χ3v) is 4.35. The van der Waals surface area contributed by atoms with Gasteiger partial charge in [-0.15, -0.1) is 0 Å². The van der Waals surface area contributed by atoms with E-state index in [9.17, 15) is 4.79 Å². The zero-order valence-corrected chi connectivity index (χ0v) is 12.9. The summed E-state index contributed by atoms with van der Waals surface area (Å²) in [5.74, 6) is -0.138. The smallest absolute Gasteiger partial charge is 0.311 e. The number of carbonyl (C=O) groups is 1. The molecule has 0 bridgehead atoms. The van der Waals surface area contributed by atoms with Crippen LogP contribution in [-0.4, -0.2) is 63.0 Å². The van der Waals surface area contributed by atoms with Gasteiger partial charge in [0, 0.05) is 19.7 Å². The molecule has 0 radical (unpaired) electrons. The summed E-state index contributed by atoms with van der Waals surface area (Å²) >= 11 is 0. The van der Waals surface area contributed by atoms with Crippen LogP contribution < -0.4 is 0 Å². The topological polar surface area (TPSA) is 48.0 Å². The third-order valence-electron chi connectivity index (χ3n) is 4.35. The molecule has 2 fully saturated rings. The Labute approximate surface area is 121 Å². The molecular weight excluding hydrogens is 258 g/mol. The van der Waals surface area contributed by atoms with E-state index in [1.54, 1.807) is 0 Å². The SMILES string of the molecule is COC(=O)C(C)(C)CCN1CCOC(C2CCCO2)C1. The summed E-state index contributed by atoms with van der Waals surface area (Å²) < 4.78 is 16.4. The largest absolute Gasteiger partial charge is 0.469 e. The summed E-state index contributed by atoms with van der Waals surface area (Å²) in [5.41, 5.74) is -0.424. The van der Waals surface area contributed by atoms with Gasteiger partial charge < -0.3 is 14.2 Å². The predicted octanol–water partition coefficient (Wildman–Crippen LogP) is 1.46. The van der Waals surface area contributed by atoms with Crippen molar-refractivity contribution in [2.45, 2.75) is 45.3 Å². The fourth-order valence-electron chi connectivity index (χ4n) is 2.87. The maximum atomic E-state index is 11.7. The van der Waals surface area contributed by atoms with E-state index in [1.165, 1.54) is 7.11 Å². The third kappa shape index (κ3) is 3.93. The summed E-state index contributed by atoms with van der Waals surface area (Å²) in [4.78, 5) is 14.1. The van der Waals surface area contributed by atoms with Crippen molar-refractivity contribution in [3.63, 3.8) is 0 Å². The fourth-order valence-corrected chi connectivity index (χ4v) is 2.87. The van der Waals surface area contributed by atoms with Crippen molar-refractivity contribution in [2.75, 3.05) is 40.0 Å². The van der Waals surface area contributed by atoms with Gasteiger partial charge in [0.15, 0.2) is 0 Å². The first kappa shape index (κ1) is 15.7. The van der Waals surface area contributed by atoms with Crippen molar-refractivity contribution in [2.24, 2.45) is 5.41 Å². The minimum Gasteiger partial charge on any atom is -0.469 e. The van der Waals surface area contributed by atoms with E-state index in [0.717, 1.165) is 52.1 Å². The molecule has 0 amide bonds. The molecule has 0 N–H and O–H groups in total. The number of rotatable bonds is 5. The van der Waals surface area contributed by atoms with E-state index in [4.69, 9.17) is 14.2 Å². The minimum atomic E-state index is -0.424. The Morgan fingerprint density at radius 2 is 2.05 bits per heavy atom. The highest BCUT2D eigenvalue weighted by molar-refractivity contribution is 5.75. The molecule has 0 aromatic rings. The number of carbonyl (C=O) groups excluding carboxylic acids is 1. The van der Waals surface area contributed by atoms with E-state index in [2.05, 4.69) is 4.90 Å². The molecule has 5 heteroatoms. The Balaban J connectivity index is 1.79. The quantitative estimate of drug-likeness (QED) is 0.716. The van der Waals surface area contributed by atoms with Gasteiger partial charge in [-0.3, -0.25) is 9.69 Å². The highest BCUT2D eigenvalue weighted by atomic mass is 16.5. The number of esters is 1. The lowest BCUT2D eigenvalue weighted by molar-refractivity contribution is -0.151. The first-order valence-corrected chi connectivity index (χ1v) is 7.57. The summed E-state index contributed by atoms with van der Waals surface area (Å²) in [7, 11) is 1.45. The Morgan fingerprint density at radius 1 is 1.30 bits per heavy atom. The van der Waals surface area contributed by atoms with Crippen LogP contribution in [0.5, 0.6) is 0 Å². The molecule has 0 aromatic heterocycles. The first-order valence-electron chi connectivity index (χ1n) is 7.57. The molecule has 116 valence electrons. The van der Waals surface area contributed by atoms with Crippen molar-refractivity contribution in [1.82, 2.24) is 4.90 Å². The Hall–Kier alpha value is -0.650. The van der Waals surface area contributed by atoms with Gasteiger partial charge >= 0.3 is 5.97 Å². The van der Waals surface area contributed by atoms with Gasteiger partial charge in [-0.1, -0.05) is 0 Å². The number of morpholine rings is 1. The van der Waals surface area contributed by atoms with E-state index in [-0.39, 0.29) is 18.2 Å². The van der Waals surface area contributed by atoms with Crippen LogP contribution in [0.25, 0.3) is 0 Å². The number of methoxy groups -OCH3 is 1. The molecule has 5 nitrogen and oxygen atoms in total. The summed E-state index contributed by atoms with van der Waals surface area (Å²) in [6, 6.07) is 0. The van der Waals surface area contributed by atoms with Crippen LogP contribution in [0.1, 0.15) is 33.1 Å². The van der Waals surface area contributed by atoms with Gasteiger partial charge in [0.1, 0.15) is 0 Å². The lowest BCUT2D eigenvalue weighted by Crippen LogP contribution is -2.48. The van der Waals surface area contributed by atoms with Gasteiger partial charge in [0.05, 0.1) is 31.3 Å². The second-order valence-electron chi connectivity index (χ2n) is 6.39. The van der Waals surface area contributed by atoms with Gasteiger partial charge in [-0.2, -0.15) is 0 Å². The molecule has 20 heavy (non-hydrogen) atoms. The molecule has 2 aliphatic rings. The zero-order valence-electron chi connectivity index (χ0n) is 12.9. The van der Waals surface area contributed by atoms with Crippen LogP contribution in [0.2, 0.25) is 0 Å². The van der Waals surface area contributed by atoms with Crippen LogP contribution in [0.3, 0.4) is 0 Å². The number of hydrogen-bond donors (Lipinski definition) is 0. The maximum Gasteiger partial charge on any atom is 0.311 e. The van der Waals surface area contributed by atoms with Crippen LogP contribution in [-0.2, 0) is 19.0 Å². The molecular formula is C15H27NO4. The van der Waals surface area contributed by atoms with Crippen LogP contribution in [0.15, 0.2) is 0 Å². The van der Waals surface area contributed by atoms with Gasteiger partial charge in [0.25, 0.3) is 0 Å². The molecule has 2 atom stereocenters. The maximum absolute atomic E-state index is 11.7. The van der Waals surface area contributed by atoms with Crippen molar-refractivity contribution in [3.8, 4) is 0 Å². The van der Waals surface area contributed by atoms with E-state index in [0.29, 0.717) is 0 Å². The Morgan fingerprint density at radius 3 is 2.70 bits per heavy atom. The number of ether oxygens (including phenoxy) is 3. The van der Waals surface area contributed by atoms with Gasteiger partial charge in [-0.05, 0) is 39.7 Å². The zero-order chi connectivity index (χ0) is 14.6. The molecule has 2 rings (SSSR count). The van der Waals surface area contributed by atoms with Crippen molar-refractivity contribution in [1.29, 1.82) is 0 Å². The highest BCUT2D eigenvalue weighted by Crippen LogP contribution is 2.25. The summed E-state index contributed by atoms with van der Waals surface area (Å²) in [6.45, 7) is 8.23. The fraction of sp³-hybridized carbons (Fsp3) is 0.933. The van der Waals surface area contributed by atoms with E-state index >= 15 is 0 Å². The number of hydrogen-bond acceptors (Lipinski definition) is 5. The van der Waals surface area contributed by atoms with Crippen LogP contribution in [0, 0.1) is 5.41 Å². The van der Waals surface area contributed by atoms with Crippen LogP contribution >= 0.6 is 0 Å². The lowest BCUT2D eigenvalue weighted by Gasteiger charge is -2.36. The number of nitrogens with zero attached hydrogens (tertiary/aromatic N) is 1. The molecule has 0 saturated carbocycles. The van der Waals surface area contributed by atoms with E-state index in [1.807, 2.05) is 13.8 Å². The van der Waals surface area contributed by atoms with Gasteiger partial charge in [0.2, 0.25) is 0 Å². The summed E-state index contributed by atoms with van der Waals surface area (Å²) in [6.07, 6.45) is 3.49. The van der Waals surface area contributed by atoms with Crippen molar-refractivity contribution >= 4 is 5.97 Å². The first-order chi connectivity index (χ1) is 9.53. The van der Waals surface area contributed by atoms with Gasteiger partial charge in [-0.25, -0.2) is 0 Å².